The molecule has 10 heteroatoms. The minimum absolute atomic E-state index is 0.213. The zero-order chi connectivity index (χ0) is 20.3. The second-order valence-corrected chi connectivity index (χ2v) is 6.09. The minimum Gasteiger partial charge on any atom is -0.504 e. The maximum atomic E-state index is 12.2. The lowest BCUT2D eigenvalue weighted by Crippen LogP contribution is -2.51. The summed E-state index contributed by atoms with van der Waals surface area (Å²) in [6.07, 6.45) is 1.41. The summed E-state index contributed by atoms with van der Waals surface area (Å²) in [5, 5.41) is 28.1. The molecule has 2 heterocycles. The molecule has 0 saturated carbocycles. The second kappa shape index (κ2) is 7.91. The van der Waals surface area contributed by atoms with Gasteiger partial charge in [0.25, 0.3) is 11.8 Å². The summed E-state index contributed by atoms with van der Waals surface area (Å²) < 4.78 is 9.97. The predicted molar refractivity (Wildman–Crippen MR) is 92.9 cm³/mol. The van der Waals surface area contributed by atoms with Gasteiger partial charge in [0.1, 0.15) is 0 Å². The molecule has 0 bridgehead atoms. The predicted octanol–water partition coefficient (Wildman–Crippen LogP) is 0.538. The van der Waals surface area contributed by atoms with Gasteiger partial charge < -0.3 is 34.3 Å². The third-order valence-electron chi connectivity index (χ3n) is 4.28. The molecule has 148 valence electrons. The quantitative estimate of drug-likeness (QED) is 0.507. The molecule has 1 aromatic heterocycles. The Hall–Kier alpha value is -3.69. The number of phenolic OH excluding ortho intramolecular Hbond substituents is 3. The van der Waals surface area contributed by atoms with E-state index in [1.807, 2.05) is 0 Å². The molecule has 1 fully saturated rings. The molecule has 1 aliphatic heterocycles. The molecule has 28 heavy (non-hydrogen) atoms. The van der Waals surface area contributed by atoms with Crippen molar-refractivity contribution in [2.45, 2.75) is 0 Å². The van der Waals surface area contributed by atoms with Crippen molar-refractivity contribution in [1.29, 1.82) is 0 Å². The van der Waals surface area contributed by atoms with Crippen molar-refractivity contribution in [2.75, 3.05) is 32.8 Å². The van der Waals surface area contributed by atoms with Crippen LogP contribution in [0.25, 0.3) is 0 Å². The minimum atomic E-state index is -0.939. The molecular formula is C18H18N2O8. The summed E-state index contributed by atoms with van der Waals surface area (Å²) in [6, 6.07) is 5.02. The number of phenols is 3. The van der Waals surface area contributed by atoms with E-state index < -0.39 is 35.7 Å². The topological polar surface area (TPSA) is 141 Å². The van der Waals surface area contributed by atoms with Gasteiger partial charge in [-0.3, -0.25) is 9.59 Å². The molecule has 3 rings (SSSR count). The number of amides is 2. The van der Waals surface area contributed by atoms with Crippen LogP contribution in [0.1, 0.15) is 20.9 Å². The lowest BCUT2D eigenvalue weighted by molar-refractivity contribution is -0.136. The smallest absolute Gasteiger partial charge is 0.338 e. The molecule has 0 unspecified atom stereocenters. The van der Waals surface area contributed by atoms with Crippen LogP contribution < -0.4 is 0 Å². The van der Waals surface area contributed by atoms with Gasteiger partial charge >= 0.3 is 5.97 Å². The molecule has 1 aromatic carbocycles. The Morgan fingerprint density at radius 3 is 2.18 bits per heavy atom. The molecule has 3 N–H and O–H groups in total. The van der Waals surface area contributed by atoms with Gasteiger partial charge in [-0.05, 0) is 24.3 Å². The number of aromatic hydroxyl groups is 3. The molecule has 10 nitrogen and oxygen atoms in total. The number of carbonyl (C=O) groups excluding carboxylic acids is 3. The first kappa shape index (κ1) is 19.1. The van der Waals surface area contributed by atoms with E-state index in [2.05, 4.69) is 0 Å². The normalized spacial score (nSPS) is 14.0. The Morgan fingerprint density at radius 1 is 1.00 bits per heavy atom. The summed E-state index contributed by atoms with van der Waals surface area (Å²) in [5.74, 6) is -3.53. The highest BCUT2D eigenvalue weighted by atomic mass is 16.5. The van der Waals surface area contributed by atoms with E-state index in [1.54, 1.807) is 17.0 Å². The zero-order valence-electron chi connectivity index (χ0n) is 14.7. The summed E-state index contributed by atoms with van der Waals surface area (Å²) in [5.41, 5.74) is -0.213. The van der Waals surface area contributed by atoms with Crippen LogP contribution in [0.3, 0.4) is 0 Å². The lowest BCUT2D eigenvalue weighted by atomic mass is 10.2. The van der Waals surface area contributed by atoms with E-state index in [-0.39, 0.29) is 30.3 Å². The Labute approximate surface area is 159 Å². The van der Waals surface area contributed by atoms with E-state index in [0.717, 1.165) is 12.1 Å². The van der Waals surface area contributed by atoms with Gasteiger partial charge in [0.2, 0.25) is 0 Å². The van der Waals surface area contributed by atoms with Crippen LogP contribution >= 0.6 is 0 Å². The van der Waals surface area contributed by atoms with Gasteiger partial charge in [-0.2, -0.15) is 0 Å². The van der Waals surface area contributed by atoms with Crippen molar-refractivity contribution in [3.8, 4) is 17.2 Å². The van der Waals surface area contributed by atoms with E-state index >= 15 is 0 Å². The highest BCUT2D eigenvalue weighted by Gasteiger charge is 2.26. The Kier molecular flexibility index (Phi) is 5.39. The fourth-order valence-corrected chi connectivity index (χ4v) is 2.74. The van der Waals surface area contributed by atoms with Crippen molar-refractivity contribution < 1.29 is 38.9 Å². The highest BCUT2D eigenvalue weighted by molar-refractivity contribution is 5.93. The van der Waals surface area contributed by atoms with Crippen molar-refractivity contribution in [1.82, 2.24) is 9.80 Å². The van der Waals surface area contributed by atoms with Crippen molar-refractivity contribution in [2.24, 2.45) is 0 Å². The van der Waals surface area contributed by atoms with Crippen LogP contribution in [-0.4, -0.2) is 75.7 Å². The third kappa shape index (κ3) is 4.00. The van der Waals surface area contributed by atoms with Crippen LogP contribution in [0.15, 0.2) is 34.9 Å². The maximum absolute atomic E-state index is 12.2. The molecule has 0 aliphatic carbocycles. The van der Waals surface area contributed by atoms with E-state index in [9.17, 15) is 29.7 Å². The summed E-state index contributed by atoms with van der Waals surface area (Å²) in [6.45, 7) is 0.665. The Morgan fingerprint density at radius 2 is 1.61 bits per heavy atom. The third-order valence-corrected chi connectivity index (χ3v) is 4.28. The average Bonchev–Trinajstić information content (AvgIpc) is 3.24. The molecule has 2 aromatic rings. The number of benzene rings is 1. The number of hydrogen-bond acceptors (Lipinski definition) is 8. The van der Waals surface area contributed by atoms with Crippen LogP contribution in [0, 0.1) is 0 Å². The van der Waals surface area contributed by atoms with E-state index in [1.165, 1.54) is 11.2 Å². The summed E-state index contributed by atoms with van der Waals surface area (Å²) >= 11 is 0. The highest BCUT2D eigenvalue weighted by Crippen LogP contribution is 2.35. The number of esters is 1. The second-order valence-electron chi connectivity index (χ2n) is 6.09. The summed E-state index contributed by atoms with van der Waals surface area (Å²) in [7, 11) is 0. The Bertz CT molecular complexity index is 862. The van der Waals surface area contributed by atoms with Crippen LogP contribution in [-0.2, 0) is 9.53 Å². The molecule has 0 radical (unpaired) electrons. The largest absolute Gasteiger partial charge is 0.504 e. The van der Waals surface area contributed by atoms with Crippen LogP contribution in [0.2, 0.25) is 0 Å². The van der Waals surface area contributed by atoms with E-state index in [4.69, 9.17) is 9.15 Å². The van der Waals surface area contributed by atoms with Crippen LogP contribution in [0.5, 0.6) is 17.2 Å². The van der Waals surface area contributed by atoms with Gasteiger partial charge in [-0.1, -0.05) is 0 Å². The standard InChI is InChI=1S/C18H18N2O8/c21-12-8-11(9-13(22)16(12)24)18(26)28-10-15(23)19-3-5-20(6-4-19)17(25)14-2-1-7-27-14/h1-2,7-9,21-22,24H,3-6,10H2. The molecule has 0 spiro atoms. The number of nitrogens with zero attached hydrogens (tertiary/aromatic N) is 2. The molecule has 2 amide bonds. The van der Waals surface area contributed by atoms with Gasteiger partial charge in [-0.15, -0.1) is 0 Å². The van der Waals surface area contributed by atoms with E-state index in [0.29, 0.717) is 13.1 Å². The Balaban J connectivity index is 1.49. The molecule has 1 saturated heterocycles. The van der Waals surface area contributed by atoms with Crippen molar-refractivity contribution in [3.05, 3.63) is 41.9 Å². The van der Waals surface area contributed by atoms with Crippen molar-refractivity contribution in [3.63, 3.8) is 0 Å². The number of furan rings is 1. The van der Waals surface area contributed by atoms with Crippen molar-refractivity contribution >= 4 is 17.8 Å². The number of carbonyl (C=O) groups is 3. The first-order valence-electron chi connectivity index (χ1n) is 8.39. The number of rotatable bonds is 4. The summed E-state index contributed by atoms with van der Waals surface area (Å²) in [4.78, 5) is 39.4. The molecule has 0 atom stereocenters. The fraction of sp³-hybridized carbons (Fsp3) is 0.278. The van der Waals surface area contributed by atoms with Crippen LogP contribution in [0.4, 0.5) is 0 Å². The first-order valence-corrected chi connectivity index (χ1v) is 8.39. The van der Waals surface area contributed by atoms with Gasteiger partial charge in [0, 0.05) is 26.2 Å². The maximum Gasteiger partial charge on any atom is 0.338 e. The fourth-order valence-electron chi connectivity index (χ4n) is 2.74. The molecule has 1 aliphatic rings. The van der Waals surface area contributed by atoms with Gasteiger partial charge in [0.05, 0.1) is 11.8 Å². The number of ether oxygens (including phenoxy) is 1. The number of piperazine rings is 1. The van der Waals surface area contributed by atoms with Gasteiger partial charge in [0.15, 0.2) is 29.6 Å². The first-order chi connectivity index (χ1) is 13.4. The monoisotopic (exact) mass is 390 g/mol. The molecular weight excluding hydrogens is 372 g/mol. The average molecular weight is 390 g/mol. The van der Waals surface area contributed by atoms with Gasteiger partial charge in [-0.25, -0.2) is 4.79 Å². The lowest BCUT2D eigenvalue weighted by Gasteiger charge is -2.34. The zero-order valence-corrected chi connectivity index (χ0v) is 14.7. The number of hydrogen-bond donors (Lipinski definition) is 3. The SMILES string of the molecule is O=C(OCC(=O)N1CCN(C(=O)c2ccco2)CC1)c1cc(O)c(O)c(O)c1.